The number of carbonyl (C=O) groups is 2. The van der Waals surface area contributed by atoms with Crippen molar-refractivity contribution in [3.63, 3.8) is 0 Å². The Hall–Kier alpha value is -2.98. The number of nitrogens with one attached hydrogen (secondary N) is 2. The Bertz CT molecular complexity index is 1010. The van der Waals surface area contributed by atoms with Crippen LogP contribution in [-0.4, -0.2) is 59.5 Å². The van der Waals surface area contributed by atoms with Gasteiger partial charge in [-0.25, -0.2) is 4.98 Å². The van der Waals surface area contributed by atoms with Crippen molar-refractivity contribution in [1.29, 1.82) is 0 Å². The van der Waals surface area contributed by atoms with E-state index in [1.165, 1.54) is 24.0 Å². The topological polar surface area (TPSA) is 87.3 Å². The number of anilines is 1. The Morgan fingerprint density at radius 2 is 2.00 bits per heavy atom. The summed E-state index contributed by atoms with van der Waals surface area (Å²) in [6, 6.07) is 6.40. The van der Waals surface area contributed by atoms with Crippen LogP contribution in [0.1, 0.15) is 53.1 Å². The van der Waals surface area contributed by atoms with Gasteiger partial charge in [0.05, 0.1) is 13.2 Å². The first-order valence-corrected chi connectivity index (χ1v) is 11.2. The number of hydrogen-bond donors (Lipinski definition) is 2. The molecule has 0 saturated carbocycles. The molecule has 2 heterocycles. The van der Waals surface area contributed by atoms with E-state index in [2.05, 4.69) is 38.4 Å². The molecule has 1 aromatic carbocycles. The summed E-state index contributed by atoms with van der Waals surface area (Å²) in [6.07, 6.45) is 2.90. The number of ether oxygens (including phenoxy) is 1. The van der Waals surface area contributed by atoms with Crippen molar-refractivity contribution in [3.8, 4) is 0 Å². The number of aldehydes is 1. The highest BCUT2D eigenvalue weighted by Gasteiger charge is 2.25. The third-order valence-corrected chi connectivity index (χ3v) is 5.53. The summed E-state index contributed by atoms with van der Waals surface area (Å²) in [6.45, 7) is 6.34. The number of morpholine rings is 1. The van der Waals surface area contributed by atoms with Crippen LogP contribution in [-0.2, 0) is 16.1 Å². The minimum atomic E-state index is -4.64. The predicted molar refractivity (Wildman–Crippen MR) is 122 cm³/mol. The summed E-state index contributed by atoms with van der Waals surface area (Å²) >= 11 is 0. The highest BCUT2D eigenvalue weighted by Crippen LogP contribution is 2.33. The van der Waals surface area contributed by atoms with Crippen LogP contribution in [0.3, 0.4) is 0 Å². The zero-order valence-electron chi connectivity index (χ0n) is 19.1. The number of allylic oxidation sites excluding steroid dienone is 2. The van der Waals surface area contributed by atoms with Gasteiger partial charge in [0.15, 0.2) is 5.82 Å². The number of nitrogens with zero attached hydrogens (tertiary/aromatic N) is 2. The number of aryl methyl sites for hydroxylation is 1. The standard InChI is InChI=1S/C22H28N4O2.C2HF3O/c1-16-14-23-21(24-16)22(27)25-20-8-7-17(15-26-9-11-28-12-10-26)13-19(20)18-5-3-2-4-6-18;3-2(4,5)1-6/h5,7-8,13-14H,2-4,6,9-12,15H2,1H3,(H,23,24)(H,25,27);1H. The van der Waals surface area contributed by atoms with Gasteiger partial charge in [0, 0.05) is 42.8 Å². The van der Waals surface area contributed by atoms with Gasteiger partial charge >= 0.3 is 6.18 Å². The average Bonchev–Trinajstić information content (AvgIpc) is 3.28. The van der Waals surface area contributed by atoms with E-state index in [9.17, 15) is 18.0 Å². The lowest BCUT2D eigenvalue weighted by Gasteiger charge is -2.27. The molecular weight excluding hydrogens is 449 g/mol. The summed E-state index contributed by atoms with van der Waals surface area (Å²) in [5.41, 5.74) is 5.48. The molecule has 1 aromatic heterocycles. The lowest BCUT2D eigenvalue weighted by Crippen LogP contribution is -2.35. The Labute approximate surface area is 196 Å². The fourth-order valence-corrected chi connectivity index (χ4v) is 3.87. The van der Waals surface area contributed by atoms with E-state index in [0.717, 1.165) is 62.6 Å². The second kappa shape index (κ2) is 11.9. The number of hydrogen-bond acceptors (Lipinski definition) is 5. The first-order chi connectivity index (χ1) is 16.2. The molecule has 7 nitrogen and oxygen atoms in total. The molecule has 1 fully saturated rings. The van der Waals surface area contributed by atoms with Gasteiger partial charge in [-0.1, -0.05) is 12.1 Å². The normalized spacial score (nSPS) is 16.8. The summed E-state index contributed by atoms with van der Waals surface area (Å²) in [7, 11) is 0. The van der Waals surface area contributed by atoms with Crippen LogP contribution in [0.5, 0.6) is 0 Å². The van der Waals surface area contributed by atoms with E-state index in [-0.39, 0.29) is 5.91 Å². The van der Waals surface area contributed by atoms with Crippen molar-refractivity contribution in [1.82, 2.24) is 14.9 Å². The molecule has 1 amide bonds. The van der Waals surface area contributed by atoms with Crippen LogP contribution in [0.15, 0.2) is 30.5 Å². The van der Waals surface area contributed by atoms with Crippen LogP contribution < -0.4 is 5.32 Å². The maximum absolute atomic E-state index is 12.6. The van der Waals surface area contributed by atoms with E-state index in [1.807, 2.05) is 13.0 Å². The molecule has 4 rings (SSSR count). The number of aromatic nitrogens is 2. The minimum Gasteiger partial charge on any atom is -0.379 e. The molecule has 34 heavy (non-hydrogen) atoms. The van der Waals surface area contributed by atoms with E-state index in [1.54, 1.807) is 6.20 Å². The Morgan fingerprint density at radius 3 is 2.59 bits per heavy atom. The van der Waals surface area contributed by atoms with Crippen molar-refractivity contribution in [3.05, 3.63) is 53.1 Å². The zero-order chi connectivity index (χ0) is 24.6. The lowest BCUT2D eigenvalue weighted by molar-refractivity contribution is -0.156. The molecule has 2 aromatic rings. The van der Waals surface area contributed by atoms with Gasteiger partial charge in [0.25, 0.3) is 5.91 Å². The van der Waals surface area contributed by atoms with Gasteiger partial charge < -0.3 is 15.0 Å². The highest BCUT2D eigenvalue weighted by atomic mass is 19.4. The number of alkyl halides is 3. The zero-order valence-corrected chi connectivity index (χ0v) is 19.1. The maximum Gasteiger partial charge on any atom is 0.446 e. The molecule has 0 spiro atoms. The Balaban J connectivity index is 0.000000481. The molecule has 0 bridgehead atoms. The molecular formula is C24H29F3N4O3. The first-order valence-electron chi connectivity index (χ1n) is 11.2. The van der Waals surface area contributed by atoms with Crippen LogP contribution >= 0.6 is 0 Å². The number of imidazole rings is 1. The fraction of sp³-hybridized carbons (Fsp3) is 0.458. The van der Waals surface area contributed by atoms with E-state index < -0.39 is 12.5 Å². The van der Waals surface area contributed by atoms with Crippen molar-refractivity contribution < 1.29 is 27.5 Å². The predicted octanol–water partition coefficient (Wildman–Crippen LogP) is 4.51. The van der Waals surface area contributed by atoms with Crippen LogP contribution in [0.4, 0.5) is 18.9 Å². The van der Waals surface area contributed by atoms with Gasteiger partial charge in [0.2, 0.25) is 6.29 Å². The number of aromatic amines is 1. The van der Waals surface area contributed by atoms with Gasteiger partial charge in [-0.15, -0.1) is 0 Å². The average molecular weight is 479 g/mol. The minimum absolute atomic E-state index is 0.202. The van der Waals surface area contributed by atoms with Crippen molar-refractivity contribution in [2.45, 2.75) is 45.3 Å². The third kappa shape index (κ3) is 7.81. The monoisotopic (exact) mass is 478 g/mol. The third-order valence-electron chi connectivity index (χ3n) is 5.53. The van der Waals surface area contributed by atoms with Crippen LogP contribution in [0.2, 0.25) is 0 Å². The highest BCUT2D eigenvalue weighted by molar-refractivity contribution is 6.03. The van der Waals surface area contributed by atoms with Crippen LogP contribution in [0, 0.1) is 6.92 Å². The molecule has 2 N–H and O–H groups in total. The SMILES string of the molecule is Cc1cnc(C(=O)Nc2ccc(CN3CCOCC3)cc2C2=CCCCC2)[nH]1.O=CC(F)(F)F. The second-order valence-corrected chi connectivity index (χ2v) is 8.27. The van der Waals surface area contributed by atoms with Gasteiger partial charge in [-0.2, -0.15) is 13.2 Å². The molecule has 1 saturated heterocycles. The number of rotatable bonds is 5. The first kappa shape index (κ1) is 25.6. The maximum atomic E-state index is 12.6. The molecule has 184 valence electrons. The number of amides is 1. The fourth-order valence-electron chi connectivity index (χ4n) is 3.87. The van der Waals surface area contributed by atoms with Crippen molar-refractivity contribution in [2.24, 2.45) is 0 Å². The number of benzene rings is 1. The molecule has 1 aliphatic heterocycles. The molecule has 1 aliphatic carbocycles. The van der Waals surface area contributed by atoms with E-state index in [0.29, 0.717) is 5.82 Å². The number of H-pyrrole nitrogens is 1. The molecule has 2 aliphatic rings. The second-order valence-electron chi connectivity index (χ2n) is 8.27. The van der Waals surface area contributed by atoms with Crippen molar-refractivity contribution >= 4 is 23.5 Å². The number of halogens is 3. The number of carbonyl (C=O) groups excluding carboxylic acids is 2. The van der Waals surface area contributed by atoms with Crippen molar-refractivity contribution in [2.75, 3.05) is 31.6 Å². The van der Waals surface area contributed by atoms with E-state index in [4.69, 9.17) is 9.53 Å². The van der Waals surface area contributed by atoms with Crippen LogP contribution in [0.25, 0.3) is 5.57 Å². The summed E-state index contributed by atoms with van der Waals surface area (Å²) in [5, 5.41) is 3.06. The smallest absolute Gasteiger partial charge is 0.379 e. The summed E-state index contributed by atoms with van der Waals surface area (Å²) < 4.78 is 36.7. The van der Waals surface area contributed by atoms with Gasteiger partial charge in [0.1, 0.15) is 0 Å². The molecule has 0 unspecified atom stereocenters. The largest absolute Gasteiger partial charge is 0.446 e. The molecule has 10 heteroatoms. The summed E-state index contributed by atoms with van der Waals surface area (Å²) in [5.74, 6) is 0.144. The summed E-state index contributed by atoms with van der Waals surface area (Å²) in [4.78, 5) is 30.9. The van der Waals surface area contributed by atoms with E-state index >= 15 is 0 Å². The quantitative estimate of drug-likeness (QED) is 0.618. The Kier molecular flexibility index (Phi) is 9.00. The molecule has 0 atom stereocenters. The Morgan fingerprint density at radius 1 is 1.26 bits per heavy atom. The molecule has 0 radical (unpaired) electrons. The van der Waals surface area contributed by atoms with Gasteiger partial charge in [-0.3, -0.25) is 14.5 Å². The lowest BCUT2D eigenvalue weighted by atomic mass is 9.91. The van der Waals surface area contributed by atoms with Gasteiger partial charge in [-0.05, 0) is 55.9 Å².